The summed E-state index contributed by atoms with van der Waals surface area (Å²) >= 11 is 0. The van der Waals surface area contributed by atoms with Crippen LogP contribution in [-0.2, 0) is 4.74 Å². The van der Waals surface area contributed by atoms with E-state index in [0.29, 0.717) is 0 Å². The highest BCUT2D eigenvalue weighted by Gasteiger charge is 2.48. The molecule has 2 atom stereocenters. The van der Waals surface area contributed by atoms with Crippen LogP contribution in [0.2, 0.25) is 0 Å². The summed E-state index contributed by atoms with van der Waals surface area (Å²) < 4.78 is 77.5. The molecule has 96 valence electrons. The standard InChI is InChI=1S/C10H8F6O/c1-3-5-7(9(11,12)13)17-8(6-4-2)10(14,15)16/h1-2,7-8H,5-6H2. The first-order valence-corrected chi connectivity index (χ1v) is 4.28. The van der Waals surface area contributed by atoms with Gasteiger partial charge in [0.1, 0.15) is 0 Å². The Bertz CT molecular complexity index is 284. The Labute approximate surface area is 94.1 Å². The van der Waals surface area contributed by atoms with Crippen molar-refractivity contribution >= 4 is 0 Å². The van der Waals surface area contributed by atoms with Crippen molar-refractivity contribution in [2.45, 2.75) is 37.4 Å². The Balaban J connectivity index is 4.84. The summed E-state index contributed by atoms with van der Waals surface area (Å²) in [7, 11) is 0. The lowest BCUT2D eigenvalue weighted by molar-refractivity contribution is -0.283. The number of hydrogen-bond acceptors (Lipinski definition) is 1. The van der Waals surface area contributed by atoms with E-state index in [1.165, 1.54) is 0 Å². The van der Waals surface area contributed by atoms with E-state index >= 15 is 0 Å². The Hall–Kier alpha value is -1.34. The quantitative estimate of drug-likeness (QED) is 0.556. The zero-order valence-electron chi connectivity index (χ0n) is 8.40. The SMILES string of the molecule is C#CCC(OC(CC#C)C(F)(F)F)C(F)(F)F. The molecule has 0 spiro atoms. The first-order valence-electron chi connectivity index (χ1n) is 4.28. The second-order valence-corrected chi connectivity index (χ2v) is 3.01. The average molecular weight is 258 g/mol. The fourth-order valence-electron chi connectivity index (χ4n) is 0.894. The van der Waals surface area contributed by atoms with Crippen LogP contribution in [0.4, 0.5) is 26.3 Å². The third kappa shape index (κ3) is 5.50. The van der Waals surface area contributed by atoms with Crippen LogP contribution >= 0.6 is 0 Å². The van der Waals surface area contributed by atoms with Crippen molar-refractivity contribution in [2.75, 3.05) is 0 Å². The predicted octanol–water partition coefficient (Wildman–Crippen LogP) is 2.91. The van der Waals surface area contributed by atoms with E-state index in [4.69, 9.17) is 0 Å². The van der Waals surface area contributed by atoms with Gasteiger partial charge in [-0.25, -0.2) is 0 Å². The van der Waals surface area contributed by atoms with Crippen molar-refractivity contribution in [3.05, 3.63) is 0 Å². The molecule has 17 heavy (non-hydrogen) atoms. The molecule has 0 rings (SSSR count). The van der Waals surface area contributed by atoms with Gasteiger partial charge in [-0.2, -0.15) is 26.3 Å². The van der Waals surface area contributed by atoms with Crippen LogP contribution in [0.5, 0.6) is 0 Å². The summed E-state index contributed by atoms with van der Waals surface area (Å²) in [5.74, 6) is 3.22. The van der Waals surface area contributed by atoms with E-state index in [1.807, 2.05) is 0 Å². The maximum atomic E-state index is 12.3. The highest BCUT2D eigenvalue weighted by Crippen LogP contribution is 2.32. The summed E-state index contributed by atoms with van der Waals surface area (Å²) in [6.45, 7) is 0. The van der Waals surface area contributed by atoms with Gasteiger partial charge in [-0.3, -0.25) is 0 Å². The van der Waals surface area contributed by atoms with Gasteiger partial charge in [0.15, 0.2) is 12.2 Å². The minimum absolute atomic E-state index is 0.999. The molecule has 0 aromatic heterocycles. The van der Waals surface area contributed by atoms with Gasteiger partial charge < -0.3 is 4.74 Å². The first kappa shape index (κ1) is 15.7. The Morgan fingerprint density at radius 2 is 1.12 bits per heavy atom. The number of alkyl halides is 6. The Morgan fingerprint density at radius 1 is 0.824 bits per heavy atom. The van der Waals surface area contributed by atoms with Gasteiger partial charge in [-0.05, 0) is 0 Å². The molecule has 7 heteroatoms. The molecule has 0 bridgehead atoms. The van der Waals surface area contributed by atoms with E-state index in [0.717, 1.165) is 0 Å². The third-order valence-corrected chi connectivity index (χ3v) is 1.67. The predicted molar refractivity (Wildman–Crippen MR) is 47.7 cm³/mol. The molecule has 0 aliphatic heterocycles. The van der Waals surface area contributed by atoms with Gasteiger partial charge in [-0.15, -0.1) is 24.7 Å². The van der Waals surface area contributed by atoms with Gasteiger partial charge >= 0.3 is 12.4 Å². The fourth-order valence-corrected chi connectivity index (χ4v) is 0.894. The summed E-state index contributed by atoms with van der Waals surface area (Å²) in [4.78, 5) is 0. The topological polar surface area (TPSA) is 9.23 Å². The zero-order valence-corrected chi connectivity index (χ0v) is 8.40. The second kappa shape index (κ2) is 5.83. The van der Waals surface area contributed by atoms with Crippen LogP contribution in [-0.4, -0.2) is 24.6 Å². The molecule has 0 aliphatic rings. The number of ether oxygens (including phenoxy) is 1. The number of hydrogen-bond donors (Lipinski definition) is 0. The van der Waals surface area contributed by atoms with Crippen molar-refractivity contribution < 1.29 is 31.1 Å². The molecule has 0 fully saturated rings. The van der Waals surface area contributed by atoms with Crippen LogP contribution in [0.15, 0.2) is 0 Å². The second-order valence-electron chi connectivity index (χ2n) is 3.01. The summed E-state index contributed by atoms with van der Waals surface area (Å²) in [5, 5.41) is 0. The maximum Gasteiger partial charge on any atom is 0.415 e. The lowest BCUT2D eigenvalue weighted by atomic mass is 10.2. The molecule has 0 saturated heterocycles. The largest absolute Gasteiger partial charge is 0.415 e. The lowest BCUT2D eigenvalue weighted by Crippen LogP contribution is -2.41. The van der Waals surface area contributed by atoms with Crippen LogP contribution in [0.25, 0.3) is 0 Å². The zero-order chi connectivity index (χ0) is 13.7. The van der Waals surface area contributed by atoms with Crippen molar-refractivity contribution in [3.63, 3.8) is 0 Å². The molecule has 0 aromatic carbocycles. The number of halogens is 6. The average Bonchev–Trinajstić information content (AvgIpc) is 2.12. The fraction of sp³-hybridized carbons (Fsp3) is 0.600. The van der Waals surface area contributed by atoms with Crippen molar-refractivity contribution in [3.8, 4) is 24.7 Å². The minimum atomic E-state index is -4.97. The van der Waals surface area contributed by atoms with Gasteiger partial charge in [0.05, 0.1) is 0 Å². The summed E-state index contributed by atoms with van der Waals surface area (Å²) in [5.41, 5.74) is 0. The van der Waals surface area contributed by atoms with E-state index in [9.17, 15) is 26.3 Å². The smallest absolute Gasteiger partial charge is 0.354 e. The molecular formula is C10H8F6O. The first-order chi connectivity index (χ1) is 7.62. The van der Waals surface area contributed by atoms with Gasteiger partial charge in [0, 0.05) is 12.8 Å². The van der Waals surface area contributed by atoms with Crippen molar-refractivity contribution in [1.29, 1.82) is 0 Å². The Kier molecular flexibility index (Phi) is 5.37. The molecule has 0 amide bonds. The number of terminal acetylenes is 2. The molecule has 0 aromatic rings. The molecule has 0 saturated carbocycles. The van der Waals surface area contributed by atoms with E-state index < -0.39 is 37.4 Å². The van der Waals surface area contributed by atoms with E-state index in [-0.39, 0.29) is 0 Å². The molecule has 0 radical (unpaired) electrons. The Morgan fingerprint density at radius 3 is 1.29 bits per heavy atom. The highest BCUT2D eigenvalue weighted by atomic mass is 19.4. The molecule has 1 nitrogen and oxygen atoms in total. The van der Waals surface area contributed by atoms with Crippen LogP contribution in [0.3, 0.4) is 0 Å². The van der Waals surface area contributed by atoms with Crippen LogP contribution in [0, 0.1) is 24.7 Å². The van der Waals surface area contributed by atoms with E-state index in [2.05, 4.69) is 17.6 Å². The summed E-state index contributed by atoms with van der Waals surface area (Å²) in [6, 6.07) is 0. The van der Waals surface area contributed by atoms with Gasteiger partial charge in [0.2, 0.25) is 0 Å². The van der Waals surface area contributed by atoms with Crippen LogP contribution < -0.4 is 0 Å². The van der Waals surface area contributed by atoms with Crippen molar-refractivity contribution in [1.82, 2.24) is 0 Å². The molecule has 0 aliphatic carbocycles. The van der Waals surface area contributed by atoms with E-state index in [1.54, 1.807) is 11.8 Å². The molecular weight excluding hydrogens is 250 g/mol. The maximum absolute atomic E-state index is 12.3. The van der Waals surface area contributed by atoms with Gasteiger partial charge in [0.25, 0.3) is 0 Å². The van der Waals surface area contributed by atoms with Crippen LogP contribution in [0.1, 0.15) is 12.8 Å². The van der Waals surface area contributed by atoms with Crippen molar-refractivity contribution in [2.24, 2.45) is 0 Å². The van der Waals surface area contributed by atoms with Gasteiger partial charge in [-0.1, -0.05) is 0 Å². The molecule has 0 N–H and O–H groups in total. The third-order valence-electron chi connectivity index (χ3n) is 1.67. The molecule has 2 unspecified atom stereocenters. The number of rotatable bonds is 4. The lowest BCUT2D eigenvalue weighted by Gasteiger charge is -2.25. The monoisotopic (exact) mass is 258 g/mol. The molecule has 0 heterocycles. The summed E-state index contributed by atoms with van der Waals surface area (Å²) in [6.07, 6.45) is -8.02. The highest BCUT2D eigenvalue weighted by molar-refractivity contribution is 4.94. The minimum Gasteiger partial charge on any atom is -0.354 e. The normalized spacial score (nSPS) is 15.8.